The minimum Gasteiger partial charge on any atom is -0.378 e. The molecular formula is C13H12BrFN2. The molecule has 1 heterocycles. The lowest BCUT2D eigenvalue weighted by atomic mass is 10.1. The van der Waals surface area contributed by atoms with Crippen molar-refractivity contribution in [1.29, 1.82) is 0 Å². The van der Waals surface area contributed by atoms with Crippen molar-refractivity contribution >= 4 is 21.6 Å². The van der Waals surface area contributed by atoms with Crippen LogP contribution in [0.5, 0.6) is 0 Å². The quantitative estimate of drug-likeness (QED) is 0.928. The molecule has 0 fully saturated rings. The van der Waals surface area contributed by atoms with E-state index in [4.69, 9.17) is 0 Å². The van der Waals surface area contributed by atoms with Gasteiger partial charge in [0.25, 0.3) is 0 Å². The highest BCUT2D eigenvalue weighted by Gasteiger charge is 2.06. The van der Waals surface area contributed by atoms with Crippen LogP contribution in [0.3, 0.4) is 0 Å². The summed E-state index contributed by atoms with van der Waals surface area (Å²) in [5, 5.41) is 3.08. The summed E-state index contributed by atoms with van der Waals surface area (Å²) in [7, 11) is 0. The first-order valence-corrected chi connectivity index (χ1v) is 6.05. The highest BCUT2D eigenvalue weighted by atomic mass is 79.9. The number of benzene rings is 1. The molecular weight excluding hydrogens is 283 g/mol. The van der Waals surface area contributed by atoms with Crippen LogP contribution in [0.25, 0.3) is 0 Å². The molecule has 2 aromatic rings. The van der Waals surface area contributed by atoms with E-state index in [1.54, 1.807) is 18.5 Å². The van der Waals surface area contributed by atoms with E-state index in [0.717, 1.165) is 15.6 Å². The molecule has 0 aliphatic heterocycles. The third-order valence-electron chi connectivity index (χ3n) is 2.57. The van der Waals surface area contributed by atoms with Crippen molar-refractivity contribution in [3.8, 4) is 0 Å². The average Bonchev–Trinajstić information content (AvgIpc) is 2.30. The number of halogens is 2. The standard InChI is InChI=1S/C13H12BrFN2/c1-9-5-6-16-7-10(9)8-17-13-11(14)3-2-4-12(13)15/h2-7,17H,8H2,1H3. The molecule has 0 atom stereocenters. The van der Waals surface area contributed by atoms with Crippen molar-refractivity contribution in [3.05, 3.63) is 58.1 Å². The molecule has 0 bridgehead atoms. The second-order valence-electron chi connectivity index (χ2n) is 3.75. The van der Waals surface area contributed by atoms with Crippen LogP contribution >= 0.6 is 15.9 Å². The molecule has 0 saturated carbocycles. The van der Waals surface area contributed by atoms with Crippen molar-refractivity contribution in [2.75, 3.05) is 5.32 Å². The van der Waals surface area contributed by atoms with Gasteiger partial charge in [0.1, 0.15) is 5.82 Å². The predicted molar refractivity (Wildman–Crippen MR) is 70.4 cm³/mol. The Balaban J connectivity index is 2.16. The Labute approximate surface area is 108 Å². The summed E-state index contributed by atoms with van der Waals surface area (Å²) in [5.41, 5.74) is 2.68. The molecule has 1 N–H and O–H groups in total. The highest BCUT2D eigenvalue weighted by Crippen LogP contribution is 2.25. The van der Waals surface area contributed by atoms with Gasteiger partial charge in [-0.3, -0.25) is 4.98 Å². The van der Waals surface area contributed by atoms with Gasteiger partial charge in [-0.1, -0.05) is 6.07 Å². The average molecular weight is 295 g/mol. The van der Waals surface area contributed by atoms with E-state index in [-0.39, 0.29) is 5.82 Å². The number of aryl methyl sites for hydroxylation is 1. The van der Waals surface area contributed by atoms with Gasteiger partial charge in [-0.2, -0.15) is 0 Å². The molecule has 1 aromatic heterocycles. The highest BCUT2D eigenvalue weighted by molar-refractivity contribution is 9.10. The minimum atomic E-state index is -0.263. The summed E-state index contributed by atoms with van der Waals surface area (Å²) in [5.74, 6) is -0.263. The number of anilines is 1. The third-order valence-corrected chi connectivity index (χ3v) is 3.23. The van der Waals surface area contributed by atoms with Crippen LogP contribution < -0.4 is 5.32 Å². The zero-order chi connectivity index (χ0) is 12.3. The van der Waals surface area contributed by atoms with E-state index in [1.807, 2.05) is 19.1 Å². The molecule has 0 radical (unpaired) electrons. The van der Waals surface area contributed by atoms with Gasteiger partial charge >= 0.3 is 0 Å². The molecule has 88 valence electrons. The minimum absolute atomic E-state index is 0.263. The molecule has 2 rings (SSSR count). The molecule has 4 heteroatoms. The Kier molecular flexibility index (Phi) is 3.74. The van der Waals surface area contributed by atoms with E-state index >= 15 is 0 Å². The van der Waals surface area contributed by atoms with E-state index in [2.05, 4.69) is 26.2 Å². The largest absolute Gasteiger partial charge is 0.378 e. The van der Waals surface area contributed by atoms with Crippen LogP contribution in [0, 0.1) is 12.7 Å². The number of para-hydroxylation sites is 1. The number of nitrogens with zero attached hydrogens (tertiary/aromatic N) is 1. The Morgan fingerprint density at radius 2 is 2.18 bits per heavy atom. The fraction of sp³-hybridized carbons (Fsp3) is 0.154. The molecule has 0 amide bonds. The number of nitrogens with one attached hydrogen (secondary N) is 1. The summed E-state index contributed by atoms with van der Waals surface area (Å²) >= 11 is 3.32. The molecule has 17 heavy (non-hydrogen) atoms. The van der Waals surface area contributed by atoms with Crippen LogP contribution in [0.2, 0.25) is 0 Å². The maximum absolute atomic E-state index is 13.5. The molecule has 2 nitrogen and oxygen atoms in total. The van der Waals surface area contributed by atoms with Crippen molar-refractivity contribution in [3.63, 3.8) is 0 Å². The molecule has 0 spiro atoms. The third kappa shape index (κ3) is 2.82. The van der Waals surface area contributed by atoms with Gasteiger partial charge in [-0.05, 0) is 52.2 Å². The van der Waals surface area contributed by atoms with E-state index in [9.17, 15) is 4.39 Å². The van der Waals surface area contributed by atoms with E-state index in [0.29, 0.717) is 12.2 Å². The summed E-state index contributed by atoms with van der Waals surface area (Å²) < 4.78 is 14.3. The summed E-state index contributed by atoms with van der Waals surface area (Å²) in [6, 6.07) is 6.85. The number of rotatable bonds is 3. The van der Waals surface area contributed by atoms with Gasteiger partial charge in [-0.25, -0.2) is 4.39 Å². The SMILES string of the molecule is Cc1ccncc1CNc1c(F)cccc1Br. The van der Waals surface area contributed by atoms with Crippen LogP contribution in [0.1, 0.15) is 11.1 Å². The van der Waals surface area contributed by atoms with Crippen LogP contribution in [-0.2, 0) is 6.54 Å². The maximum atomic E-state index is 13.5. The monoisotopic (exact) mass is 294 g/mol. The van der Waals surface area contributed by atoms with Gasteiger partial charge in [0.15, 0.2) is 0 Å². The first-order chi connectivity index (χ1) is 8.18. The van der Waals surface area contributed by atoms with Crippen LogP contribution in [-0.4, -0.2) is 4.98 Å². The fourth-order valence-corrected chi connectivity index (χ4v) is 2.01. The Morgan fingerprint density at radius 3 is 2.88 bits per heavy atom. The Morgan fingerprint density at radius 1 is 1.35 bits per heavy atom. The zero-order valence-corrected chi connectivity index (χ0v) is 11.0. The van der Waals surface area contributed by atoms with Crippen molar-refractivity contribution in [2.24, 2.45) is 0 Å². The van der Waals surface area contributed by atoms with E-state index < -0.39 is 0 Å². The summed E-state index contributed by atoms with van der Waals surface area (Å²) in [4.78, 5) is 4.06. The summed E-state index contributed by atoms with van der Waals surface area (Å²) in [6.45, 7) is 2.56. The van der Waals surface area contributed by atoms with Crippen molar-refractivity contribution < 1.29 is 4.39 Å². The number of aromatic nitrogens is 1. The first-order valence-electron chi connectivity index (χ1n) is 5.26. The molecule has 0 aliphatic carbocycles. The second kappa shape index (κ2) is 5.27. The molecule has 1 aromatic carbocycles. The first kappa shape index (κ1) is 12.0. The predicted octanol–water partition coefficient (Wildman–Crippen LogP) is 3.90. The Hall–Kier alpha value is -1.42. The number of hydrogen-bond donors (Lipinski definition) is 1. The van der Waals surface area contributed by atoms with Crippen LogP contribution in [0.15, 0.2) is 41.1 Å². The lowest BCUT2D eigenvalue weighted by molar-refractivity contribution is 0.629. The molecule has 0 saturated heterocycles. The zero-order valence-electron chi connectivity index (χ0n) is 9.37. The van der Waals surface area contributed by atoms with Crippen molar-refractivity contribution in [2.45, 2.75) is 13.5 Å². The smallest absolute Gasteiger partial charge is 0.147 e. The summed E-state index contributed by atoms with van der Waals surface area (Å²) in [6.07, 6.45) is 3.54. The second-order valence-corrected chi connectivity index (χ2v) is 4.61. The molecule has 0 unspecified atom stereocenters. The number of hydrogen-bond acceptors (Lipinski definition) is 2. The van der Waals surface area contributed by atoms with Gasteiger partial charge in [-0.15, -0.1) is 0 Å². The lowest BCUT2D eigenvalue weighted by Gasteiger charge is -2.10. The van der Waals surface area contributed by atoms with Crippen LogP contribution in [0.4, 0.5) is 10.1 Å². The van der Waals surface area contributed by atoms with Gasteiger partial charge in [0.2, 0.25) is 0 Å². The van der Waals surface area contributed by atoms with Gasteiger partial charge in [0.05, 0.1) is 5.69 Å². The maximum Gasteiger partial charge on any atom is 0.147 e. The van der Waals surface area contributed by atoms with E-state index in [1.165, 1.54) is 6.07 Å². The van der Waals surface area contributed by atoms with Crippen molar-refractivity contribution in [1.82, 2.24) is 4.98 Å². The fourth-order valence-electron chi connectivity index (χ4n) is 1.53. The topological polar surface area (TPSA) is 24.9 Å². The lowest BCUT2D eigenvalue weighted by Crippen LogP contribution is -2.04. The van der Waals surface area contributed by atoms with Gasteiger partial charge < -0.3 is 5.32 Å². The molecule has 0 aliphatic rings. The normalized spacial score (nSPS) is 10.3. The van der Waals surface area contributed by atoms with Gasteiger partial charge in [0, 0.05) is 23.4 Å². The number of pyridine rings is 1. The Bertz CT molecular complexity index is 508.